The second-order valence-electron chi connectivity index (χ2n) is 8.94. The molecule has 1 aliphatic rings. The van der Waals surface area contributed by atoms with Crippen LogP contribution in [0.3, 0.4) is 0 Å². The molecule has 2 N–H and O–H groups in total. The molecular weight excluding hydrogens is 510 g/mol. The lowest BCUT2D eigenvalue weighted by Gasteiger charge is -2.21. The second kappa shape index (κ2) is 12.1. The maximum atomic E-state index is 12.2. The van der Waals surface area contributed by atoms with Gasteiger partial charge in [0.25, 0.3) is 0 Å². The number of aromatic nitrogens is 3. The number of carbonyl (C=O) groups excluding carboxylic acids is 1. The summed E-state index contributed by atoms with van der Waals surface area (Å²) >= 11 is 6.39. The van der Waals surface area contributed by atoms with Crippen LogP contribution >= 0.6 is 11.6 Å². The molecule has 0 atom stereocenters. The predicted octanol–water partition coefficient (Wildman–Crippen LogP) is 3.53. The highest BCUT2D eigenvalue weighted by molar-refractivity contribution is 6.32. The smallest absolute Gasteiger partial charge is 0.240 e. The zero-order valence-corrected chi connectivity index (χ0v) is 22.9. The Morgan fingerprint density at radius 3 is 2.39 bits per heavy atom. The number of nitrogens with zero attached hydrogens (tertiary/aromatic N) is 5. The molecule has 11 nitrogen and oxygen atoms in total. The molecule has 3 aromatic rings. The van der Waals surface area contributed by atoms with E-state index in [-0.39, 0.29) is 5.91 Å². The SMILES string of the molecule is COc1ccc(Nc2nc(Nc3cc4c(cc3OC)CCN(CC(=O)N(C)C)CC4)ncc2Cl)c(OC)n1. The maximum absolute atomic E-state index is 12.2. The molecule has 0 spiro atoms. The number of halogens is 1. The van der Waals surface area contributed by atoms with Gasteiger partial charge in [-0.15, -0.1) is 0 Å². The first-order valence-electron chi connectivity index (χ1n) is 12.1. The molecule has 3 heterocycles. The molecule has 0 saturated heterocycles. The summed E-state index contributed by atoms with van der Waals surface area (Å²) in [5, 5.41) is 6.74. The minimum absolute atomic E-state index is 0.100. The standard InChI is InChI=1S/C26H32ClN7O4/c1-33(2)23(35)15-34-10-8-16-12-20(21(36-3)13-17(16)9-11-34)30-26-28-14-18(27)24(32-26)29-19-6-7-22(37-4)31-25(19)38-5/h6-7,12-14H,8-11,15H2,1-5H3,(H2,28,29,30,32). The lowest BCUT2D eigenvalue weighted by Crippen LogP contribution is -2.37. The molecule has 1 amide bonds. The van der Waals surface area contributed by atoms with Gasteiger partial charge in [0.1, 0.15) is 16.5 Å². The Kier molecular flexibility index (Phi) is 8.70. The van der Waals surface area contributed by atoms with Crippen molar-refractivity contribution in [1.29, 1.82) is 0 Å². The first-order chi connectivity index (χ1) is 18.3. The summed E-state index contributed by atoms with van der Waals surface area (Å²) in [5.74, 6) is 2.25. The van der Waals surface area contributed by atoms with Gasteiger partial charge in [-0.05, 0) is 42.2 Å². The third-order valence-corrected chi connectivity index (χ3v) is 6.53. The van der Waals surface area contributed by atoms with Crippen LogP contribution in [0.25, 0.3) is 0 Å². The van der Waals surface area contributed by atoms with E-state index in [1.807, 2.05) is 6.07 Å². The van der Waals surface area contributed by atoms with Crippen LogP contribution in [0.1, 0.15) is 11.1 Å². The quantitative estimate of drug-likeness (QED) is 0.417. The lowest BCUT2D eigenvalue weighted by atomic mass is 10.0. The third kappa shape index (κ3) is 6.35. The van der Waals surface area contributed by atoms with E-state index in [0.717, 1.165) is 31.6 Å². The van der Waals surface area contributed by atoms with Crippen LogP contribution in [0.2, 0.25) is 5.02 Å². The largest absolute Gasteiger partial charge is 0.495 e. The van der Waals surface area contributed by atoms with Crippen molar-refractivity contribution < 1.29 is 19.0 Å². The number of hydrogen-bond donors (Lipinski definition) is 2. The zero-order chi connectivity index (χ0) is 27.2. The van der Waals surface area contributed by atoms with Crippen molar-refractivity contribution in [2.75, 3.05) is 65.7 Å². The van der Waals surface area contributed by atoms with Gasteiger partial charge in [0.05, 0.1) is 39.8 Å². The van der Waals surface area contributed by atoms with Gasteiger partial charge in [0, 0.05) is 33.3 Å². The van der Waals surface area contributed by atoms with E-state index < -0.39 is 0 Å². The van der Waals surface area contributed by atoms with Gasteiger partial charge in [-0.2, -0.15) is 9.97 Å². The number of rotatable bonds is 9. The van der Waals surface area contributed by atoms with Crippen LogP contribution in [-0.4, -0.2) is 85.7 Å². The van der Waals surface area contributed by atoms with Crippen molar-refractivity contribution >= 4 is 40.6 Å². The van der Waals surface area contributed by atoms with Gasteiger partial charge in [0.2, 0.25) is 23.6 Å². The number of likely N-dealkylation sites (N-methyl/N-ethyl adjacent to an activating group) is 1. The fourth-order valence-corrected chi connectivity index (χ4v) is 4.25. The molecule has 0 aliphatic carbocycles. The summed E-state index contributed by atoms with van der Waals surface area (Å²) in [6.45, 7) is 2.01. The molecule has 38 heavy (non-hydrogen) atoms. The molecule has 1 aliphatic heterocycles. The van der Waals surface area contributed by atoms with Crippen molar-refractivity contribution in [2.24, 2.45) is 0 Å². The van der Waals surface area contributed by atoms with E-state index in [9.17, 15) is 4.79 Å². The first-order valence-corrected chi connectivity index (χ1v) is 12.5. The predicted molar refractivity (Wildman–Crippen MR) is 146 cm³/mol. The molecule has 0 radical (unpaired) electrons. The molecule has 0 fully saturated rings. The number of hydrogen-bond acceptors (Lipinski definition) is 10. The van der Waals surface area contributed by atoms with Crippen molar-refractivity contribution in [3.05, 3.63) is 46.6 Å². The summed E-state index contributed by atoms with van der Waals surface area (Å²) in [6, 6.07) is 7.57. The van der Waals surface area contributed by atoms with E-state index in [2.05, 4.69) is 36.6 Å². The van der Waals surface area contributed by atoms with Crippen molar-refractivity contribution in [3.8, 4) is 17.5 Å². The van der Waals surface area contributed by atoms with Crippen LogP contribution in [0, 0.1) is 0 Å². The van der Waals surface area contributed by atoms with Gasteiger partial charge in [0.15, 0.2) is 5.82 Å². The van der Waals surface area contributed by atoms with E-state index in [4.69, 9.17) is 25.8 Å². The number of pyridine rings is 1. The number of amides is 1. The summed E-state index contributed by atoms with van der Waals surface area (Å²) < 4.78 is 16.2. The van der Waals surface area contributed by atoms with Crippen molar-refractivity contribution in [2.45, 2.75) is 12.8 Å². The fraction of sp³-hybridized carbons (Fsp3) is 0.385. The number of benzene rings is 1. The number of ether oxygens (including phenoxy) is 3. The van der Waals surface area contributed by atoms with Crippen molar-refractivity contribution in [1.82, 2.24) is 24.8 Å². The van der Waals surface area contributed by atoms with Crippen LogP contribution in [0.5, 0.6) is 17.5 Å². The number of fused-ring (bicyclic) bond motifs is 1. The summed E-state index contributed by atoms with van der Waals surface area (Å²) in [7, 11) is 8.24. The van der Waals surface area contributed by atoms with Gasteiger partial charge in [-0.1, -0.05) is 11.6 Å². The Labute approximate surface area is 227 Å². The molecule has 0 bridgehead atoms. The van der Waals surface area contributed by atoms with E-state index in [0.29, 0.717) is 46.5 Å². The molecule has 12 heteroatoms. The third-order valence-electron chi connectivity index (χ3n) is 6.25. The molecular formula is C26H32ClN7O4. The molecule has 0 saturated carbocycles. The average molecular weight is 542 g/mol. The molecule has 202 valence electrons. The first kappa shape index (κ1) is 27.2. The normalized spacial score (nSPS) is 13.2. The van der Waals surface area contributed by atoms with Crippen LogP contribution in [0.4, 0.5) is 23.1 Å². The summed E-state index contributed by atoms with van der Waals surface area (Å²) in [5.41, 5.74) is 3.70. The number of anilines is 4. The topological polar surface area (TPSA) is 114 Å². The fourth-order valence-electron chi connectivity index (χ4n) is 4.11. The highest BCUT2D eigenvalue weighted by Crippen LogP contribution is 2.34. The van der Waals surface area contributed by atoms with Gasteiger partial charge >= 0.3 is 0 Å². The van der Waals surface area contributed by atoms with Gasteiger partial charge in [-0.25, -0.2) is 4.98 Å². The van der Waals surface area contributed by atoms with Crippen LogP contribution in [-0.2, 0) is 17.6 Å². The van der Waals surface area contributed by atoms with Crippen LogP contribution < -0.4 is 24.8 Å². The second-order valence-corrected chi connectivity index (χ2v) is 9.34. The number of nitrogens with one attached hydrogen (secondary N) is 2. The Morgan fingerprint density at radius 2 is 1.74 bits per heavy atom. The van der Waals surface area contributed by atoms with Crippen molar-refractivity contribution in [3.63, 3.8) is 0 Å². The van der Waals surface area contributed by atoms with Gasteiger partial charge < -0.3 is 29.7 Å². The minimum atomic E-state index is 0.100. The lowest BCUT2D eigenvalue weighted by molar-refractivity contribution is -0.129. The Bertz CT molecular complexity index is 1300. The van der Waals surface area contributed by atoms with Gasteiger partial charge in [-0.3, -0.25) is 9.69 Å². The number of methoxy groups -OCH3 is 3. The highest BCUT2D eigenvalue weighted by Gasteiger charge is 2.20. The molecule has 4 rings (SSSR count). The molecule has 0 unspecified atom stereocenters. The maximum Gasteiger partial charge on any atom is 0.240 e. The Morgan fingerprint density at radius 1 is 1.00 bits per heavy atom. The molecule has 2 aromatic heterocycles. The summed E-state index contributed by atoms with van der Waals surface area (Å²) in [4.78, 5) is 29.2. The summed E-state index contributed by atoms with van der Waals surface area (Å²) in [6.07, 6.45) is 3.15. The Hall–Kier alpha value is -3.83. The van der Waals surface area contributed by atoms with Crippen LogP contribution in [0.15, 0.2) is 30.5 Å². The Balaban J connectivity index is 1.55. The average Bonchev–Trinajstić information content (AvgIpc) is 3.11. The van der Waals surface area contributed by atoms with E-state index in [1.54, 1.807) is 38.2 Å². The monoisotopic (exact) mass is 541 g/mol. The zero-order valence-electron chi connectivity index (χ0n) is 22.2. The van der Waals surface area contributed by atoms with E-state index in [1.165, 1.54) is 31.5 Å². The molecule has 1 aromatic carbocycles. The number of carbonyl (C=O) groups is 1. The minimum Gasteiger partial charge on any atom is -0.495 e. The van der Waals surface area contributed by atoms with E-state index >= 15 is 0 Å². The highest BCUT2D eigenvalue weighted by atomic mass is 35.5.